The molecule has 1 amide bonds. The highest BCUT2D eigenvalue weighted by atomic mass is 16.5. The highest BCUT2D eigenvalue weighted by Gasteiger charge is 2.23. The molecule has 0 aliphatic heterocycles. The van der Waals surface area contributed by atoms with Crippen LogP contribution in [-0.2, 0) is 30.5 Å². The number of nitrogens with zero attached hydrogens (tertiary/aromatic N) is 2. The molecular formula is C32H34N5O2+. The Bertz CT molecular complexity index is 1490. The molecule has 7 heteroatoms. The van der Waals surface area contributed by atoms with E-state index in [2.05, 4.69) is 93.0 Å². The van der Waals surface area contributed by atoms with Crippen molar-refractivity contribution in [3.63, 3.8) is 0 Å². The van der Waals surface area contributed by atoms with Gasteiger partial charge in [0.1, 0.15) is 5.82 Å². The lowest BCUT2D eigenvalue weighted by Gasteiger charge is -2.20. The van der Waals surface area contributed by atoms with Gasteiger partial charge in [0.15, 0.2) is 5.52 Å². The van der Waals surface area contributed by atoms with Crippen LogP contribution < -0.4 is 15.2 Å². The maximum Gasteiger partial charge on any atom is 0.473 e. The van der Waals surface area contributed by atoms with E-state index in [1.54, 1.807) is 6.92 Å². The quantitative estimate of drug-likeness (QED) is 0.224. The molecule has 0 fully saturated rings. The number of hydrogen-bond donors (Lipinski definition) is 2. The lowest BCUT2D eigenvalue weighted by molar-refractivity contribution is -0.345. The third-order valence-electron chi connectivity index (χ3n) is 6.60. The molecule has 0 spiro atoms. The van der Waals surface area contributed by atoms with Gasteiger partial charge in [-0.3, -0.25) is 4.90 Å². The van der Waals surface area contributed by atoms with Crippen LogP contribution in [0, 0.1) is 0 Å². The molecule has 0 atom stereocenters. The number of benzene rings is 3. The normalized spacial score (nSPS) is 10.9. The molecule has 0 unspecified atom stereocenters. The van der Waals surface area contributed by atoms with Crippen molar-refractivity contribution in [1.82, 2.24) is 9.97 Å². The summed E-state index contributed by atoms with van der Waals surface area (Å²) < 4.78 is 5.14. The molecular weight excluding hydrogens is 486 g/mol. The van der Waals surface area contributed by atoms with Gasteiger partial charge in [-0.2, -0.15) is 0 Å². The average Bonchev–Trinajstić information content (AvgIpc) is 3.38. The number of aryl methyl sites for hydroxylation is 2. The number of anilines is 2. The Hall–Kier alpha value is -4.65. The molecule has 3 N–H and O–H groups in total. The minimum absolute atomic E-state index is 0.297. The molecule has 0 saturated heterocycles. The number of nitrogens with one attached hydrogen (secondary N) is 3. The Morgan fingerprint density at radius 1 is 0.872 bits per heavy atom. The van der Waals surface area contributed by atoms with Crippen LogP contribution in [0.3, 0.4) is 0 Å². The van der Waals surface area contributed by atoms with Gasteiger partial charge in [-0.25, -0.2) is 20.1 Å². The fourth-order valence-corrected chi connectivity index (χ4v) is 4.67. The number of amides is 1. The zero-order valence-corrected chi connectivity index (χ0v) is 22.2. The maximum absolute atomic E-state index is 12.3. The summed E-state index contributed by atoms with van der Waals surface area (Å²) in [5.74, 6) is 2.30. The number of fused-ring (bicyclic) bond motifs is 1. The molecule has 7 nitrogen and oxygen atoms in total. The number of H-pyrrole nitrogens is 2. The first-order valence-electron chi connectivity index (χ1n) is 13.4. The van der Waals surface area contributed by atoms with Crippen molar-refractivity contribution in [2.24, 2.45) is 0 Å². The smallest absolute Gasteiger partial charge is 0.438 e. The summed E-state index contributed by atoms with van der Waals surface area (Å²) in [4.78, 5) is 26.6. The summed E-state index contributed by atoms with van der Waals surface area (Å²) in [6.45, 7) is 3.54. The summed E-state index contributed by atoms with van der Waals surface area (Å²) in [6.07, 6.45) is 2.03. The van der Waals surface area contributed by atoms with Gasteiger partial charge in [0.25, 0.3) is 0 Å². The molecule has 0 radical (unpaired) electrons. The van der Waals surface area contributed by atoms with Crippen LogP contribution in [0.2, 0.25) is 0 Å². The van der Waals surface area contributed by atoms with Crippen LogP contribution in [0.1, 0.15) is 29.4 Å². The Kier molecular flexibility index (Phi) is 8.48. The van der Waals surface area contributed by atoms with E-state index in [9.17, 15) is 4.79 Å². The minimum atomic E-state index is -0.498. The number of carbonyl (C=O) groups is 1. The Labute approximate surface area is 228 Å². The monoisotopic (exact) mass is 520 g/mol. The van der Waals surface area contributed by atoms with Gasteiger partial charge in [0.05, 0.1) is 25.2 Å². The van der Waals surface area contributed by atoms with E-state index in [0.717, 1.165) is 48.5 Å². The molecule has 0 saturated carbocycles. The summed E-state index contributed by atoms with van der Waals surface area (Å²) in [6, 6.07) is 33.2. The number of aromatic nitrogens is 3. The van der Waals surface area contributed by atoms with Gasteiger partial charge in [0.2, 0.25) is 11.6 Å². The van der Waals surface area contributed by atoms with E-state index in [-0.39, 0.29) is 0 Å². The third kappa shape index (κ3) is 7.02. The van der Waals surface area contributed by atoms with Crippen LogP contribution in [0.25, 0.3) is 11.0 Å². The Morgan fingerprint density at radius 3 is 2.13 bits per heavy atom. The van der Waals surface area contributed by atoms with Crippen molar-refractivity contribution in [3.8, 4) is 0 Å². The van der Waals surface area contributed by atoms with Gasteiger partial charge in [0, 0.05) is 18.9 Å². The Balaban J connectivity index is 1.51. The molecule has 2 heterocycles. The Morgan fingerprint density at radius 2 is 1.49 bits per heavy atom. The number of aromatic amines is 2. The van der Waals surface area contributed by atoms with Crippen LogP contribution in [0.15, 0.2) is 97.1 Å². The van der Waals surface area contributed by atoms with Crippen LogP contribution in [0.4, 0.5) is 16.4 Å². The topological polar surface area (TPSA) is 84.4 Å². The predicted octanol–water partition coefficient (Wildman–Crippen LogP) is 5.98. The summed E-state index contributed by atoms with van der Waals surface area (Å²) >= 11 is 0. The van der Waals surface area contributed by atoms with E-state index in [4.69, 9.17) is 9.72 Å². The first-order chi connectivity index (χ1) is 19.2. The minimum Gasteiger partial charge on any atom is -0.438 e. The maximum atomic E-state index is 12.3. The number of carbonyl (C=O) groups excluding carboxylic acids is 1. The molecule has 5 rings (SSSR count). The van der Waals surface area contributed by atoms with Crippen LogP contribution >= 0.6 is 0 Å². The van der Waals surface area contributed by atoms with Crippen molar-refractivity contribution in [3.05, 3.63) is 120 Å². The third-order valence-corrected chi connectivity index (χ3v) is 6.60. The second-order valence-corrected chi connectivity index (χ2v) is 9.45. The summed E-state index contributed by atoms with van der Waals surface area (Å²) in [5, 5.41) is 2.84. The SMILES string of the molecule is CCOC(=O)Nc1cc2[nH]c(CCc3ccccc3)nc2c(N(CCc2ccccc2)Cc2ccccc2)[nH+]1. The number of hydrogen-bond acceptors (Lipinski definition) is 4. The van der Waals surface area contributed by atoms with E-state index < -0.39 is 6.09 Å². The molecule has 2 aromatic heterocycles. The number of rotatable bonds is 11. The van der Waals surface area contributed by atoms with Gasteiger partial charge < -0.3 is 9.72 Å². The number of imidazole rings is 1. The molecule has 198 valence electrons. The van der Waals surface area contributed by atoms with Crippen molar-refractivity contribution in [1.29, 1.82) is 0 Å². The van der Waals surface area contributed by atoms with Crippen molar-refractivity contribution in [2.45, 2.75) is 32.7 Å². The van der Waals surface area contributed by atoms with Gasteiger partial charge >= 0.3 is 6.09 Å². The van der Waals surface area contributed by atoms with Gasteiger partial charge in [-0.05, 0) is 30.0 Å². The fraction of sp³-hybridized carbons (Fsp3) is 0.219. The van der Waals surface area contributed by atoms with Crippen LogP contribution in [0.5, 0.6) is 0 Å². The first-order valence-corrected chi connectivity index (χ1v) is 13.4. The highest BCUT2D eigenvalue weighted by Crippen LogP contribution is 2.25. The molecule has 39 heavy (non-hydrogen) atoms. The lowest BCUT2D eigenvalue weighted by atomic mass is 10.1. The van der Waals surface area contributed by atoms with Gasteiger partial charge in [-0.1, -0.05) is 91.0 Å². The molecule has 0 aliphatic rings. The largest absolute Gasteiger partial charge is 0.473 e. The number of pyridine rings is 1. The van der Waals surface area contributed by atoms with E-state index in [1.165, 1.54) is 16.7 Å². The van der Waals surface area contributed by atoms with Crippen molar-refractivity contribution in [2.75, 3.05) is 23.4 Å². The van der Waals surface area contributed by atoms with E-state index in [0.29, 0.717) is 19.0 Å². The van der Waals surface area contributed by atoms with Crippen molar-refractivity contribution >= 4 is 28.8 Å². The van der Waals surface area contributed by atoms with E-state index >= 15 is 0 Å². The predicted molar refractivity (Wildman–Crippen MR) is 155 cm³/mol. The highest BCUT2D eigenvalue weighted by molar-refractivity contribution is 5.89. The zero-order valence-electron chi connectivity index (χ0n) is 22.2. The number of ether oxygens (including phenoxy) is 1. The molecule has 5 aromatic rings. The molecule has 0 aliphatic carbocycles. The van der Waals surface area contributed by atoms with E-state index in [1.807, 2.05) is 24.3 Å². The second-order valence-electron chi connectivity index (χ2n) is 9.45. The van der Waals surface area contributed by atoms with Gasteiger partial charge in [-0.15, -0.1) is 0 Å². The molecule has 0 bridgehead atoms. The lowest BCUT2D eigenvalue weighted by Crippen LogP contribution is -2.33. The summed E-state index contributed by atoms with van der Waals surface area (Å²) in [5.41, 5.74) is 5.42. The first kappa shape index (κ1) is 26.0. The fourth-order valence-electron chi connectivity index (χ4n) is 4.67. The second kappa shape index (κ2) is 12.7. The van der Waals surface area contributed by atoms with Crippen molar-refractivity contribution < 1.29 is 14.5 Å². The zero-order chi connectivity index (χ0) is 26.9. The standard InChI is InChI=1S/C32H33N5O2/c1-2-39-32(38)36-29-22-27-30(34-28(33-27)19-18-24-12-6-3-7-13-24)31(35-29)37(23-26-16-10-5-11-17-26)21-20-25-14-8-4-9-15-25/h3-17,22H,2,18-21,23H2,1H3,(H,33,34)(H,35,36,38)/p+1. The molecule has 3 aromatic carbocycles. The summed E-state index contributed by atoms with van der Waals surface area (Å²) in [7, 11) is 0. The van der Waals surface area contributed by atoms with Crippen LogP contribution in [-0.4, -0.2) is 29.2 Å². The average molecular weight is 521 g/mol.